The van der Waals surface area contributed by atoms with Gasteiger partial charge in [-0.05, 0) is 18.9 Å². The lowest BCUT2D eigenvalue weighted by Gasteiger charge is -2.37. The normalized spacial score (nSPS) is 21.0. The number of rotatable bonds is 4. The summed E-state index contributed by atoms with van der Waals surface area (Å²) in [6.07, 6.45) is 4.38. The van der Waals surface area contributed by atoms with Crippen LogP contribution in [0.2, 0.25) is 5.02 Å². The molecule has 1 aromatic carbocycles. The molecule has 1 N–H and O–H groups in total. The molecule has 0 saturated carbocycles. The van der Waals surface area contributed by atoms with Gasteiger partial charge >= 0.3 is 5.97 Å². The van der Waals surface area contributed by atoms with Crippen LogP contribution in [0.15, 0.2) is 30.4 Å². The molecule has 2 heterocycles. The Kier molecular flexibility index (Phi) is 6.16. The summed E-state index contributed by atoms with van der Waals surface area (Å²) in [5.41, 5.74) is -0.0706. The average molecular weight is 478 g/mol. The number of nitro groups is 1. The fraction of sp³-hybridized carbons (Fsp3) is 0.381. The van der Waals surface area contributed by atoms with E-state index in [4.69, 9.17) is 11.6 Å². The Labute approximate surface area is 192 Å². The van der Waals surface area contributed by atoms with Crippen molar-refractivity contribution in [3.8, 4) is 0 Å². The van der Waals surface area contributed by atoms with Crippen molar-refractivity contribution >= 4 is 56.5 Å². The van der Waals surface area contributed by atoms with Crippen molar-refractivity contribution in [2.75, 3.05) is 26.2 Å². The van der Waals surface area contributed by atoms with Gasteiger partial charge in [0.2, 0.25) is 5.91 Å². The predicted octanol–water partition coefficient (Wildman–Crippen LogP) is 3.41. The summed E-state index contributed by atoms with van der Waals surface area (Å²) in [6, 6.07) is 4.29. The highest BCUT2D eigenvalue weighted by Gasteiger charge is 2.37. The second-order valence-corrected chi connectivity index (χ2v) is 9.22. The minimum absolute atomic E-state index is 0.0706. The number of hydrogen-bond donors (Lipinski definition) is 1. The molecular formula is C21H20ClN3O6S. The van der Waals surface area contributed by atoms with Crippen LogP contribution >= 0.6 is 22.9 Å². The zero-order valence-corrected chi connectivity index (χ0v) is 18.5. The van der Waals surface area contributed by atoms with Gasteiger partial charge in [-0.2, -0.15) is 0 Å². The molecule has 1 aliphatic carbocycles. The van der Waals surface area contributed by atoms with E-state index in [9.17, 15) is 29.6 Å². The number of hydrogen-bond acceptors (Lipinski definition) is 6. The van der Waals surface area contributed by atoms with Gasteiger partial charge in [-0.15, -0.1) is 11.3 Å². The van der Waals surface area contributed by atoms with E-state index in [1.165, 1.54) is 18.2 Å². The molecule has 1 fully saturated rings. The maximum absolute atomic E-state index is 13.1. The summed E-state index contributed by atoms with van der Waals surface area (Å²) in [6.45, 7) is 1.22. The highest BCUT2D eigenvalue weighted by Crippen LogP contribution is 2.38. The molecule has 0 spiro atoms. The minimum Gasteiger partial charge on any atom is -0.481 e. The number of piperazine rings is 1. The summed E-state index contributed by atoms with van der Waals surface area (Å²) < 4.78 is 0.562. The smallest absolute Gasteiger partial charge is 0.307 e. The molecule has 168 valence electrons. The van der Waals surface area contributed by atoms with E-state index in [-0.39, 0.29) is 22.5 Å². The van der Waals surface area contributed by atoms with Crippen molar-refractivity contribution < 1.29 is 24.4 Å². The van der Waals surface area contributed by atoms with E-state index in [0.717, 1.165) is 11.3 Å². The number of nitrogens with zero attached hydrogens (tertiary/aromatic N) is 3. The monoisotopic (exact) mass is 477 g/mol. The van der Waals surface area contributed by atoms with Gasteiger partial charge in [0.1, 0.15) is 4.88 Å². The van der Waals surface area contributed by atoms with Gasteiger partial charge < -0.3 is 14.9 Å². The molecule has 11 heteroatoms. The first-order valence-electron chi connectivity index (χ1n) is 10.1. The number of allylic oxidation sites excluding steroid dienone is 2. The summed E-state index contributed by atoms with van der Waals surface area (Å²) in [5.74, 6) is -2.77. The largest absolute Gasteiger partial charge is 0.481 e. The number of amides is 2. The van der Waals surface area contributed by atoms with Gasteiger partial charge in [-0.3, -0.25) is 24.5 Å². The number of carboxylic acid groups (broad SMARTS) is 1. The number of nitro benzene ring substituents is 1. The molecule has 1 saturated heterocycles. The molecule has 0 radical (unpaired) electrons. The van der Waals surface area contributed by atoms with Crippen LogP contribution in [0.4, 0.5) is 5.69 Å². The molecule has 32 heavy (non-hydrogen) atoms. The molecule has 2 aliphatic rings. The zero-order chi connectivity index (χ0) is 23.0. The Morgan fingerprint density at radius 1 is 1.06 bits per heavy atom. The number of carbonyl (C=O) groups is 3. The topological polar surface area (TPSA) is 121 Å². The Morgan fingerprint density at radius 2 is 1.69 bits per heavy atom. The second kappa shape index (κ2) is 8.87. The van der Waals surface area contributed by atoms with Crippen LogP contribution in [-0.4, -0.2) is 63.8 Å². The van der Waals surface area contributed by atoms with Crippen LogP contribution < -0.4 is 0 Å². The van der Waals surface area contributed by atoms with Gasteiger partial charge in [0.15, 0.2) is 0 Å². The Hall–Kier alpha value is -2.98. The van der Waals surface area contributed by atoms with Crippen molar-refractivity contribution in [2.24, 2.45) is 11.8 Å². The first kappa shape index (κ1) is 22.2. The molecule has 0 bridgehead atoms. The number of aliphatic carboxylic acids is 1. The van der Waals surface area contributed by atoms with E-state index in [1.807, 2.05) is 6.08 Å². The third kappa shape index (κ3) is 4.07. The predicted molar refractivity (Wildman–Crippen MR) is 119 cm³/mol. The fourth-order valence-electron chi connectivity index (χ4n) is 4.17. The Balaban J connectivity index is 1.45. The minimum atomic E-state index is -0.971. The summed E-state index contributed by atoms with van der Waals surface area (Å²) in [4.78, 5) is 51.5. The fourth-order valence-corrected chi connectivity index (χ4v) is 5.69. The molecule has 2 atom stereocenters. The number of carboxylic acids is 1. The van der Waals surface area contributed by atoms with Gasteiger partial charge in [0.25, 0.3) is 11.6 Å². The van der Waals surface area contributed by atoms with Crippen molar-refractivity contribution in [1.29, 1.82) is 0 Å². The van der Waals surface area contributed by atoms with Gasteiger partial charge in [0, 0.05) is 48.4 Å². The SMILES string of the molecule is O=C(O)C1CC=CCC1C(=O)N1CCN(C(=O)c2sc3cc([N+](=O)[O-])ccc3c2Cl)CC1. The Bertz CT molecular complexity index is 1140. The Morgan fingerprint density at radius 3 is 2.31 bits per heavy atom. The number of halogens is 1. The first-order chi connectivity index (χ1) is 15.3. The van der Waals surface area contributed by atoms with Crippen LogP contribution in [-0.2, 0) is 9.59 Å². The van der Waals surface area contributed by atoms with Crippen molar-refractivity contribution in [3.63, 3.8) is 0 Å². The number of carbonyl (C=O) groups excluding carboxylic acids is 2. The number of thiophene rings is 1. The summed E-state index contributed by atoms with van der Waals surface area (Å²) in [5, 5.41) is 21.3. The highest BCUT2D eigenvalue weighted by atomic mass is 35.5. The standard InChI is InChI=1S/C21H20ClN3O6S/c22-17-15-6-5-12(25(30)31)11-16(15)32-18(17)20(27)24-9-7-23(8-10-24)19(26)13-3-1-2-4-14(13)21(28)29/h1-2,5-6,11,13-14H,3-4,7-10H2,(H,28,29). The first-order valence-corrected chi connectivity index (χ1v) is 11.3. The summed E-state index contributed by atoms with van der Waals surface area (Å²) in [7, 11) is 0. The van der Waals surface area contributed by atoms with E-state index < -0.39 is 22.7 Å². The van der Waals surface area contributed by atoms with Crippen molar-refractivity contribution in [3.05, 3.63) is 50.4 Å². The van der Waals surface area contributed by atoms with Crippen LogP contribution in [0.25, 0.3) is 10.1 Å². The molecule has 1 aromatic heterocycles. The van der Waals surface area contributed by atoms with E-state index in [2.05, 4.69) is 0 Å². The number of non-ortho nitro benzene ring substituents is 1. The van der Waals surface area contributed by atoms with Crippen LogP contribution in [0.5, 0.6) is 0 Å². The van der Waals surface area contributed by atoms with Crippen LogP contribution in [0, 0.1) is 22.0 Å². The van der Waals surface area contributed by atoms with Crippen molar-refractivity contribution in [1.82, 2.24) is 9.80 Å². The van der Waals surface area contributed by atoms with Gasteiger partial charge in [-0.25, -0.2) is 0 Å². The van der Waals surface area contributed by atoms with Crippen LogP contribution in [0.1, 0.15) is 22.5 Å². The molecule has 2 unspecified atom stereocenters. The highest BCUT2D eigenvalue weighted by molar-refractivity contribution is 7.21. The maximum atomic E-state index is 13.1. The zero-order valence-electron chi connectivity index (χ0n) is 16.9. The lowest BCUT2D eigenvalue weighted by molar-refractivity contribution is -0.384. The molecule has 1 aliphatic heterocycles. The molecular weight excluding hydrogens is 458 g/mol. The number of fused-ring (bicyclic) bond motifs is 1. The quantitative estimate of drug-likeness (QED) is 0.409. The third-order valence-electron chi connectivity index (χ3n) is 5.96. The van der Waals surface area contributed by atoms with Gasteiger partial charge in [-0.1, -0.05) is 23.8 Å². The van der Waals surface area contributed by atoms with Crippen LogP contribution in [0.3, 0.4) is 0 Å². The van der Waals surface area contributed by atoms with E-state index >= 15 is 0 Å². The third-order valence-corrected chi connectivity index (χ3v) is 7.61. The lowest BCUT2D eigenvalue weighted by atomic mass is 9.82. The van der Waals surface area contributed by atoms with E-state index in [1.54, 1.807) is 15.9 Å². The van der Waals surface area contributed by atoms with E-state index in [0.29, 0.717) is 54.0 Å². The molecule has 9 nitrogen and oxygen atoms in total. The lowest BCUT2D eigenvalue weighted by Crippen LogP contribution is -2.53. The molecule has 2 aromatic rings. The van der Waals surface area contributed by atoms with Gasteiger partial charge in [0.05, 0.1) is 21.8 Å². The average Bonchev–Trinajstić information content (AvgIpc) is 3.14. The summed E-state index contributed by atoms with van der Waals surface area (Å²) >= 11 is 7.51. The number of benzene rings is 1. The molecule has 4 rings (SSSR count). The van der Waals surface area contributed by atoms with Crippen molar-refractivity contribution in [2.45, 2.75) is 12.8 Å². The second-order valence-electron chi connectivity index (χ2n) is 7.79. The molecule has 2 amide bonds. The maximum Gasteiger partial charge on any atom is 0.307 e.